The van der Waals surface area contributed by atoms with Gasteiger partial charge >= 0.3 is 0 Å². The molecule has 3 N–H and O–H groups in total. The number of hydrogen-bond donors (Lipinski definition) is 2. The molecule has 0 atom stereocenters. The summed E-state index contributed by atoms with van der Waals surface area (Å²) in [5, 5.41) is 0. The summed E-state index contributed by atoms with van der Waals surface area (Å²) in [6.45, 7) is 0.360. The second-order valence-corrected chi connectivity index (χ2v) is 5.47. The van der Waals surface area contributed by atoms with E-state index in [0.29, 0.717) is 30.6 Å². The van der Waals surface area contributed by atoms with Crippen molar-refractivity contribution in [3.05, 3.63) is 29.8 Å². The van der Waals surface area contributed by atoms with Crippen LogP contribution in [0, 0.1) is 12.3 Å². The molecule has 1 rings (SSSR count). The zero-order valence-corrected chi connectivity index (χ0v) is 10.3. The van der Waals surface area contributed by atoms with Gasteiger partial charge in [-0.2, -0.15) is 0 Å². The Labute approximate surface area is 102 Å². The van der Waals surface area contributed by atoms with Crippen molar-refractivity contribution in [3.63, 3.8) is 0 Å². The first kappa shape index (κ1) is 13.6. The lowest BCUT2D eigenvalue weighted by Gasteiger charge is -2.07. The lowest BCUT2D eigenvalue weighted by atomic mass is 10.2. The Balaban J connectivity index is 2.56. The average molecular weight is 252 g/mol. The van der Waals surface area contributed by atoms with Gasteiger partial charge in [-0.25, -0.2) is 13.1 Å². The smallest absolute Gasteiger partial charge is 0.215 e. The second-order valence-electron chi connectivity index (χ2n) is 3.66. The van der Waals surface area contributed by atoms with Gasteiger partial charge in [0.25, 0.3) is 0 Å². The second kappa shape index (κ2) is 6.28. The summed E-state index contributed by atoms with van der Waals surface area (Å²) in [5.74, 6) is 2.36. The Morgan fingerprint density at radius 3 is 2.71 bits per heavy atom. The Hall–Kier alpha value is -1.51. The molecule has 0 spiro atoms. The third-order valence-corrected chi connectivity index (χ3v) is 3.56. The zero-order chi connectivity index (χ0) is 12.7. The molecule has 0 heterocycles. The Morgan fingerprint density at radius 2 is 2.06 bits per heavy atom. The summed E-state index contributed by atoms with van der Waals surface area (Å²) in [6, 6.07) is 6.92. The number of sulfonamides is 1. The van der Waals surface area contributed by atoms with Crippen LogP contribution in [0.4, 0.5) is 5.69 Å². The number of nitrogens with two attached hydrogens (primary N) is 1. The highest BCUT2D eigenvalue weighted by Gasteiger charge is 2.12. The first-order valence-electron chi connectivity index (χ1n) is 5.29. The fourth-order valence-electron chi connectivity index (χ4n) is 1.34. The maximum atomic E-state index is 11.7. The third kappa shape index (κ3) is 4.89. The van der Waals surface area contributed by atoms with Crippen LogP contribution in [0.1, 0.15) is 18.4 Å². The maximum absolute atomic E-state index is 11.7. The molecule has 1 aromatic rings. The van der Waals surface area contributed by atoms with E-state index in [4.69, 9.17) is 12.2 Å². The Morgan fingerprint density at radius 1 is 1.35 bits per heavy atom. The minimum atomic E-state index is -3.34. The number of benzene rings is 1. The van der Waals surface area contributed by atoms with Crippen molar-refractivity contribution in [2.45, 2.75) is 18.6 Å². The molecule has 0 aromatic heterocycles. The van der Waals surface area contributed by atoms with E-state index < -0.39 is 10.0 Å². The number of nitrogens with one attached hydrogen (secondary N) is 1. The highest BCUT2D eigenvalue weighted by molar-refractivity contribution is 7.88. The van der Waals surface area contributed by atoms with Crippen LogP contribution in [-0.4, -0.2) is 15.0 Å². The molecule has 0 fully saturated rings. The predicted octanol–water partition coefficient (Wildman–Crippen LogP) is 1.10. The minimum Gasteiger partial charge on any atom is -0.398 e. The molecular weight excluding hydrogens is 236 g/mol. The van der Waals surface area contributed by atoms with Gasteiger partial charge in [0.2, 0.25) is 10.0 Å². The molecule has 92 valence electrons. The molecule has 0 aliphatic rings. The minimum absolute atomic E-state index is 0.101. The average Bonchev–Trinajstić information content (AvgIpc) is 2.28. The molecule has 4 nitrogen and oxygen atoms in total. The Kier molecular flexibility index (Phi) is 5.01. The van der Waals surface area contributed by atoms with E-state index >= 15 is 0 Å². The van der Waals surface area contributed by atoms with Gasteiger partial charge in [0.05, 0.1) is 5.75 Å². The number of anilines is 1. The van der Waals surface area contributed by atoms with Gasteiger partial charge < -0.3 is 5.73 Å². The fraction of sp³-hybridized carbons (Fsp3) is 0.333. The zero-order valence-electron chi connectivity index (χ0n) is 9.52. The SMILES string of the molecule is C#CCCCNS(=O)(=O)Cc1ccccc1N. The molecule has 0 amide bonds. The first-order chi connectivity index (χ1) is 8.05. The van der Waals surface area contributed by atoms with Crippen molar-refractivity contribution >= 4 is 15.7 Å². The van der Waals surface area contributed by atoms with Gasteiger partial charge in [-0.15, -0.1) is 12.3 Å². The molecule has 0 saturated heterocycles. The van der Waals surface area contributed by atoms with E-state index in [9.17, 15) is 8.42 Å². The summed E-state index contributed by atoms with van der Waals surface area (Å²) >= 11 is 0. The number of rotatable bonds is 6. The van der Waals surface area contributed by atoms with Gasteiger partial charge in [-0.1, -0.05) is 18.2 Å². The highest BCUT2D eigenvalue weighted by atomic mass is 32.2. The van der Waals surface area contributed by atoms with Crippen LogP contribution < -0.4 is 10.5 Å². The predicted molar refractivity (Wildman–Crippen MR) is 69.5 cm³/mol. The van der Waals surface area contributed by atoms with E-state index in [1.807, 2.05) is 0 Å². The van der Waals surface area contributed by atoms with E-state index in [2.05, 4.69) is 10.6 Å². The maximum Gasteiger partial charge on any atom is 0.215 e. The number of unbranched alkanes of at least 4 members (excludes halogenated alkanes) is 1. The monoisotopic (exact) mass is 252 g/mol. The first-order valence-corrected chi connectivity index (χ1v) is 6.94. The summed E-state index contributed by atoms with van der Waals surface area (Å²) in [4.78, 5) is 0. The molecule has 1 aromatic carbocycles. The topological polar surface area (TPSA) is 72.2 Å². The number of para-hydroxylation sites is 1. The largest absolute Gasteiger partial charge is 0.398 e. The molecule has 0 aliphatic heterocycles. The highest BCUT2D eigenvalue weighted by Crippen LogP contribution is 2.13. The number of hydrogen-bond acceptors (Lipinski definition) is 3. The molecule has 0 saturated carbocycles. The molecular formula is C12H16N2O2S. The fourth-order valence-corrected chi connectivity index (χ4v) is 2.57. The van der Waals surface area contributed by atoms with Gasteiger partial charge in [0.15, 0.2) is 0 Å². The third-order valence-electron chi connectivity index (χ3n) is 2.22. The molecule has 17 heavy (non-hydrogen) atoms. The van der Waals surface area contributed by atoms with Crippen molar-refractivity contribution in [2.75, 3.05) is 12.3 Å². The van der Waals surface area contributed by atoms with Crippen molar-refractivity contribution in [3.8, 4) is 12.3 Å². The molecule has 0 unspecified atom stereocenters. The van der Waals surface area contributed by atoms with Gasteiger partial charge in [-0.3, -0.25) is 0 Å². The molecule has 0 aliphatic carbocycles. The van der Waals surface area contributed by atoms with E-state index in [0.717, 1.165) is 0 Å². The Bertz CT molecular complexity index is 503. The van der Waals surface area contributed by atoms with Crippen LogP contribution in [-0.2, 0) is 15.8 Å². The van der Waals surface area contributed by atoms with Crippen molar-refractivity contribution in [1.29, 1.82) is 0 Å². The summed E-state index contributed by atoms with van der Waals surface area (Å²) in [5.41, 5.74) is 6.78. The normalized spacial score (nSPS) is 11.0. The lowest BCUT2D eigenvalue weighted by molar-refractivity contribution is 0.579. The summed E-state index contributed by atoms with van der Waals surface area (Å²) in [7, 11) is -3.34. The number of terminal acetylenes is 1. The van der Waals surface area contributed by atoms with Crippen LogP contribution in [0.2, 0.25) is 0 Å². The van der Waals surface area contributed by atoms with Gasteiger partial charge in [0, 0.05) is 18.7 Å². The van der Waals surface area contributed by atoms with Crippen LogP contribution >= 0.6 is 0 Å². The van der Waals surface area contributed by atoms with E-state index in [1.165, 1.54) is 0 Å². The number of nitrogen functional groups attached to an aromatic ring is 1. The molecule has 0 radical (unpaired) electrons. The van der Waals surface area contributed by atoms with E-state index in [1.54, 1.807) is 24.3 Å². The van der Waals surface area contributed by atoms with Crippen molar-refractivity contribution in [2.24, 2.45) is 0 Å². The van der Waals surface area contributed by atoms with Crippen LogP contribution in [0.3, 0.4) is 0 Å². The van der Waals surface area contributed by atoms with Crippen LogP contribution in [0.15, 0.2) is 24.3 Å². The van der Waals surface area contributed by atoms with E-state index in [-0.39, 0.29) is 5.75 Å². The van der Waals surface area contributed by atoms with Crippen LogP contribution in [0.25, 0.3) is 0 Å². The van der Waals surface area contributed by atoms with Crippen molar-refractivity contribution < 1.29 is 8.42 Å². The standard InChI is InChI=1S/C12H16N2O2S/c1-2-3-6-9-14-17(15,16)10-11-7-4-5-8-12(11)13/h1,4-5,7-8,14H,3,6,9-10,13H2. The van der Waals surface area contributed by atoms with Crippen molar-refractivity contribution in [1.82, 2.24) is 4.72 Å². The molecule has 5 heteroatoms. The van der Waals surface area contributed by atoms with Gasteiger partial charge in [0.1, 0.15) is 0 Å². The summed E-state index contributed by atoms with van der Waals surface area (Å²) < 4.78 is 25.9. The molecule has 0 bridgehead atoms. The van der Waals surface area contributed by atoms with Crippen LogP contribution in [0.5, 0.6) is 0 Å². The summed E-state index contributed by atoms with van der Waals surface area (Å²) in [6.07, 6.45) is 6.28. The van der Waals surface area contributed by atoms with Gasteiger partial charge in [-0.05, 0) is 18.1 Å². The quantitative estimate of drug-likeness (QED) is 0.452. The lowest BCUT2D eigenvalue weighted by Crippen LogP contribution is -2.26.